The molecule has 12 heteroatoms. The molecule has 1 saturated carbocycles. The van der Waals surface area contributed by atoms with Gasteiger partial charge in [-0.2, -0.15) is 0 Å². The lowest BCUT2D eigenvalue weighted by molar-refractivity contribution is -0.170. The number of carbonyl (C=O) groups excluding carboxylic acids is 3. The summed E-state index contributed by atoms with van der Waals surface area (Å²) in [6, 6.07) is 3.07. The van der Waals surface area contributed by atoms with Crippen LogP contribution in [0.4, 0.5) is 0 Å². The molecule has 1 aromatic carbocycles. The van der Waals surface area contributed by atoms with Gasteiger partial charge in [0.1, 0.15) is 22.8 Å². The Labute approximate surface area is 219 Å². The molecule has 0 radical (unpaired) electrons. The maximum absolute atomic E-state index is 14.0. The third-order valence-corrected chi connectivity index (χ3v) is 7.78. The fourth-order valence-corrected chi connectivity index (χ4v) is 6.05. The molecule has 0 aliphatic heterocycles. The number of amides is 1. The third-order valence-electron chi connectivity index (χ3n) is 7.78. The molecule has 6 unspecified atom stereocenters. The van der Waals surface area contributed by atoms with Gasteiger partial charge in [0.05, 0.1) is 36.8 Å². The van der Waals surface area contributed by atoms with Gasteiger partial charge in [-0.25, -0.2) is 0 Å². The second-order valence-corrected chi connectivity index (χ2v) is 10.5. The predicted octanol–water partition coefficient (Wildman–Crippen LogP) is -0.946. The average Bonchev–Trinajstić information content (AvgIpc) is 2.82. The van der Waals surface area contributed by atoms with E-state index in [1.807, 2.05) is 19.0 Å². The number of rotatable bonds is 7. The number of likely N-dealkylation sites (N-methyl/N-ethyl adjacent to an activating group) is 2. The minimum Gasteiger partial charge on any atom is -0.508 e. The van der Waals surface area contributed by atoms with E-state index in [1.165, 1.54) is 25.1 Å². The Balaban J connectivity index is 1.95. The van der Waals surface area contributed by atoms with Crippen LogP contribution in [0.5, 0.6) is 5.75 Å². The highest BCUT2D eigenvalue weighted by Gasteiger charge is 2.68. The number of phenols is 1. The summed E-state index contributed by atoms with van der Waals surface area (Å²) in [5.74, 6) is -9.40. The van der Waals surface area contributed by atoms with Crippen molar-refractivity contribution in [2.75, 3.05) is 47.9 Å². The molecule has 6 atom stereocenters. The second-order valence-electron chi connectivity index (χ2n) is 10.5. The molecule has 4 rings (SSSR count). The van der Waals surface area contributed by atoms with Crippen molar-refractivity contribution in [2.24, 2.45) is 17.6 Å². The van der Waals surface area contributed by atoms with E-state index in [2.05, 4.69) is 0 Å². The highest BCUT2D eigenvalue weighted by molar-refractivity contribution is 6.24. The summed E-state index contributed by atoms with van der Waals surface area (Å²) < 4.78 is 5.87. The summed E-state index contributed by atoms with van der Waals surface area (Å²) in [4.78, 5) is 42.6. The monoisotopic (exact) mass is 531 g/mol. The number of nitrogens with two attached hydrogens (primary N) is 1. The van der Waals surface area contributed by atoms with E-state index in [-0.39, 0.29) is 17.9 Å². The zero-order chi connectivity index (χ0) is 28.3. The Morgan fingerprint density at radius 2 is 1.79 bits per heavy atom. The number of nitrogens with zero attached hydrogens (tertiary/aromatic N) is 2. The molecule has 1 fully saturated rings. The van der Waals surface area contributed by atoms with Crippen LogP contribution in [0.3, 0.4) is 0 Å². The number of hydrogen-bond acceptors (Lipinski definition) is 11. The van der Waals surface area contributed by atoms with Crippen molar-refractivity contribution >= 4 is 23.2 Å². The lowest BCUT2D eigenvalue weighted by Crippen LogP contribution is -2.70. The summed E-state index contributed by atoms with van der Waals surface area (Å²) in [5, 5.41) is 56.3. The normalized spacial score (nSPS) is 31.0. The molecule has 3 aliphatic carbocycles. The van der Waals surface area contributed by atoms with Gasteiger partial charge in [-0.3, -0.25) is 19.3 Å². The minimum atomic E-state index is -2.95. The number of Topliss-reactive ketones (excluding diaryl/α,β-unsaturated/α-hetero) is 2. The molecule has 1 amide bonds. The molecule has 3 aliphatic rings. The molecule has 0 aromatic heterocycles. The molecule has 0 saturated heterocycles. The topological polar surface area (TPSA) is 194 Å². The van der Waals surface area contributed by atoms with Crippen LogP contribution < -0.4 is 5.73 Å². The van der Waals surface area contributed by atoms with E-state index in [4.69, 9.17) is 10.5 Å². The number of benzene rings is 1. The van der Waals surface area contributed by atoms with Crippen LogP contribution >= 0.6 is 0 Å². The van der Waals surface area contributed by atoms with E-state index in [0.717, 1.165) is 0 Å². The molecule has 12 nitrogen and oxygen atoms in total. The van der Waals surface area contributed by atoms with Gasteiger partial charge in [-0.15, -0.1) is 0 Å². The SMILES string of the molecule is CN(C)CCOCC1c2cccc(O)c2C(O)=C2C(=O)C3(O)C(O)=C(C(N)=O)C(=O)C(N(C)C)C3C(O)C21. The first-order valence-electron chi connectivity index (χ1n) is 12.1. The summed E-state index contributed by atoms with van der Waals surface area (Å²) in [5.41, 5.74) is 1.30. The van der Waals surface area contributed by atoms with Gasteiger partial charge in [0.15, 0.2) is 11.4 Å². The first-order chi connectivity index (χ1) is 17.8. The highest BCUT2D eigenvalue weighted by Crippen LogP contribution is 2.56. The van der Waals surface area contributed by atoms with Crippen molar-refractivity contribution in [1.29, 1.82) is 0 Å². The summed E-state index contributed by atoms with van der Waals surface area (Å²) in [6.45, 7) is 0.848. The van der Waals surface area contributed by atoms with Crippen LogP contribution in [0.2, 0.25) is 0 Å². The molecule has 206 valence electrons. The molecular formula is C26H33N3O9. The zero-order valence-electron chi connectivity index (χ0n) is 21.6. The van der Waals surface area contributed by atoms with Crippen LogP contribution in [-0.2, 0) is 19.1 Å². The first-order valence-corrected chi connectivity index (χ1v) is 12.1. The molecule has 0 spiro atoms. The van der Waals surface area contributed by atoms with Crippen molar-refractivity contribution in [3.05, 3.63) is 46.2 Å². The van der Waals surface area contributed by atoms with E-state index in [0.29, 0.717) is 18.7 Å². The third kappa shape index (κ3) is 3.91. The van der Waals surface area contributed by atoms with E-state index < -0.39 is 75.6 Å². The number of aliphatic hydroxyl groups excluding tert-OH is 3. The Morgan fingerprint density at radius 3 is 2.37 bits per heavy atom. The van der Waals surface area contributed by atoms with Crippen molar-refractivity contribution in [1.82, 2.24) is 9.80 Å². The zero-order valence-corrected chi connectivity index (χ0v) is 21.6. The number of primary amides is 1. The van der Waals surface area contributed by atoms with Crippen molar-refractivity contribution in [3.8, 4) is 5.75 Å². The highest BCUT2D eigenvalue weighted by atomic mass is 16.5. The minimum absolute atomic E-state index is 0.0316. The standard InChI is InChI=1S/C26H33N3O9/c1-28(2)8-9-38-10-12-11-6-5-7-13(30)14(11)20(31)16-15(12)21(32)18-19(29(3)4)22(33)17(25(27)36)24(35)26(18,37)23(16)34/h5-7,12,15,18-19,21,30-32,35,37H,8-10H2,1-4H3,(H2,27,36). The molecule has 0 heterocycles. The van der Waals surface area contributed by atoms with E-state index in [9.17, 15) is 39.9 Å². The van der Waals surface area contributed by atoms with Crippen molar-refractivity contribution in [3.63, 3.8) is 0 Å². The number of ketones is 2. The van der Waals surface area contributed by atoms with Gasteiger partial charge in [0, 0.05) is 24.0 Å². The van der Waals surface area contributed by atoms with Gasteiger partial charge in [-0.1, -0.05) is 12.1 Å². The van der Waals surface area contributed by atoms with Gasteiger partial charge >= 0.3 is 0 Å². The van der Waals surface area contributed by atoms with Crippen molar-refractivity contribution in [2.45, 2.75) is 23.7 Å². The fraction of sp³-hybridized carbons (Fsp3) is 0.500. The van der Waals surface area contributed by atoms with Gasteiger partial charge in [0.25, 0.3) is 5.91 Å². The Bertz CT molecular complexity index is 1250. The molecule has 0 bridgehead atoms. The number of carbonyl (C=O) groups is 3. The van der Waals surface area contributed by atoms with Crippen molar-refractivity contribution < 1.29 is 44.7 Å². The summed E-state index contributed by atoms with van der Waals surface area (Å²) in [7, 11) is 6.64. The maximum Gasteiger partial charge on any atom is 0.255 e. The molecule has 1 aromatic rings. The first kappa shape index (κ1) is 27.7. The maximum atomic E-state index is 14.0. The van der Waals surface area contributed by atoms with Crippen LogP contribution in [0.1, 0.15) is 17.0 Å². The number of aliphatic hydroxyl groups is 4. The largest absolute Gasteiger partial charge is 0.508 e. The second kappa shape index (κ2) is 9.79. The lowest BCUT2D eigenvalue weighted by atomic mass is 9.54. The van der Waals surface area contributed by atoms with Crippen LogP contribution in [0, 0.1) is 11.8 Å². The van der Waals surface area contributed by atoms with Crippen LogP contribution in [0.15, 0.2) is 35.1 Å². The van der Waals surface area contributed by atoms with Gasteiger partial charge < -0.3 is 40.9 Å². The van der Waals surface area contributed by atoms with Crippen LogP contribution in [-0.4, -0.2) is 119 Å². The van der Waals surface area contributed by atoms with E-state index in [1.54, 1.807) is 12.1 Å². The molecular weight excluding hydrogens is 498 g/mol. The Kier molecular flexibility index (Phi) is 7.14. The number of hydrogen-bond donors (Lipinski definition) is 6. The number of fused-ring (bicyclic) bond motifs is 3. The van der Waals surface area contributed by atoms with Gasteiger partial charge in [0.2, 0.25) is 5.78 Å². The molecule has 7 N–H and O–H groups in total. The number of ether oxygens (including phenoxy) is 1. The number of phenolic OH excluding ortho intramolecular Hbond substituents is 1. The Hall–Kier alpha value is -3.29. The number of aromatic hydroxyl groups is 1. The predicted molar refractivity (Wildman–Crippen MR) is 134 cm³/mol. The summed E-state index contributed by atoms with van der Waals surface area (Å²) in [6.07, 6.45) is -1.68. The quantitative estimate of drug-likeness (QED) is 0.188. The van der Waals surface area contributed by atoms with Crippen LogP contribution in [0.25, 0.3) is 5.76 Å². The average molecular weight is 532 g/mol. The lowest BCUT2D eigenvalue weighted by Gasteiger charge is -2.54. The molecule has 38 heavy (non-hydrogen) atoms. The Morgan fingerprint density at radius 1 is 1.13 bits per heavy atom. The fourth-order valence-electron chi connectivity index (χ4n) is 6.05. The smallest absolute Gasteiger partial charge is 0.255 e. The van der Waals surface area contributed by atoms with Gasteiger partial charge in [-0.05, 0) is 39.8 Å². The summed E-state index contributed by atoms with van der Waals surface area (Å²) >= 11 is 0. The van der Waals surface area contributed by atoms with E-state index >= 15 is 0 Å².